The molecule has 0 saturated carbocycles. The van der Waals surface area contributed by atoms with Gasteiger partial charge in [-0.3, -0.25) is 0 Å². The maximum Gasteiger partial charge on any atom is 0.233 e. The molecule has 0 aromatic rings. The van der Waals surface area contributed by atoms with E-state index >= 15 is 0 Å². The van der Waals surface area contributed by atoms with Gasteiger partial charge in [-0.25, -0.2) is 8.42 Å². The lowest BCUT2D eigenvalue weighted by Gasteiger charge is -2.35. The second-order valence-corrected chi connectivity index (χ2v) is 7.13. The number of ether oxygens (including phenoxy) is 2. The Morgan fingerprint density at radius 2 is 2.00 bits per heavy atom. The predicted molar refractivity (Wildman–Crippen MR) is 63.2 cm³/mol. The maximum absolute atomic E-state index is 11.2. The maximum atomic E-state index is 11.2. The molecule has 1 saturated heterocycles. The van der Waals surface area contributed by atoms with Crippen molar-refractivity contribution in [2.24, 2.45) is 5.41 Å². The van der Waals surface area contributed by atoms with Gasteiger partial charge in [0.15, 0.2) is 0 Å². The average Bonchev–Trinajstić information content (AvgIpc) is 2.16. The van der Waals surface area contributed by atoms with Gasteiger partial charge in [0.2, 0.25) is 9.05 Å². The topological polar surface area (TPSA) is 52.6 Å². The fourth-order valence-electron chi connectivity index (χ4n) is 1.93. The molecule has 0 bridgehead atoms. The van der Waals surface area contributed by atoms with Crippen LogP contribution in [0.1, 0.15) is 26.2 Å². The average molecular weight is 271 g/mol. The van der Waals surface area contributed by atoms with Crippen molar-refractivity contribution in [3.8, 4) is 0 Å². The van der Waals surface area contributed by atoms with Crippen LogP contribution in [0, 0.1) is 5.41 Å². The minimum atomic E-state index is -3.48. The van der Waals surface area contributed by atoms with E-state index in [1.165, 1.54) is 0 Å². The van der Waals surface area contributed by atoms with Crippen molar-refractivity contribution in [3.05, 3.63) is 0 Å². The molecule has 0 aromatic carbocycles. The number of halogens is 1. The van der Waals surface area contributed by atoms with Gasteiger partial charge in [-0.2, -0.15) is 0 Å². The minimum absolute atomic E-state index is 0.0192. The molecule has 16 heavy (non-hydrogen) atoms. The van der Waals surface area contributed by atoms with E-state index in [9.17, 15) is 8.42 Å². The second kappa shape index (κ2) is 6.19. The summed E-state index contributed by atoms with van der Waals surface area (Å²) in [4.78, 5) is 0. The molecular weight excluding hydrogens is 252 g/mol. The normalized spacial score (nSPS) is 20.9. The van der Waals surface area contributed by atoms with E-state index in [2.05, 4.69) is 0 Å². The van der Waals surface area contributed by atoms with Gasteiger partial charge < -0.3 is 9.47 Å². The van der Waals surface area contributed by atoms with E-state index in [0.29, 0.717) is 39.3 Å². The largest absolute Gasteiger partial charge is 0.381 e. The Kier molecular flexibility index (Phi) is 5.50. The summed E-state index contributed by atoms with van der Waals surface area (Å²) >= 11 is 0. The molecular formula is C10H19ClO4S. The molecule has 1 aliphatic rings. The molecule has 0 spiro atoms. The molecule has 6 heteroatoms. The summed E-state index contributed by atoms with van der Waals surface area (Å²) in [7, 11) is 1.86. The van der Waals surface area contributed by atoms with Crippen LogP contribution in [0.5, 0.6) is 0 Å². The Balaban J connectivity index is 2.60. The first-order valence-corrected chi connectivity index (χ1v) is 8.03. The highest BCUT2D eigenvalue weighted by Gasteiger charge is 2.37. The summed E-state index contributed by atoms with van der Waals surface area (Å²) in [6.07, 6.45) is 2.32. The predicted octanol–water partition coefficient (Wildman–Crippen LogP) is 1.78. The van der Waals surface area contributed by atoms with Gasteiger partial charge in [0.05, 0.1) is 12.4 Å². The molecule has 1 aliphatic heterocycles. The van der Waals surface area contributed by atoms with Gasteiger partial charge in [0, 0.05) is 35.9 Å². The Labute approximate surface area is 102 Å². The van der Waals surface area contributed by atoms with E-state index in [0.717, 1.165) is 6.42 Å². The zero-order valence-corrected chi connectivity index (χ0v) is 11.1. The summed E-state index contributed by atoms with van der Waals surface area (Å²) in [6, 6.07) is 0. The van der Waals surface area contributed by atoms with Crippen molar-refractivity contribution in [1.29, 1.82) is 0 Å². The lowest BCUT2D eigenvalue weighted by atomic mass is 9.83. The van der Waals surface area contributed by atoms with Crippen LogP contribution in [0.25, 0.3) is 0 Å². The quantitative estimate of drug-likeness (QED) is 0.545. The Bertz CT molecular complexity index is 296. The van der Waals surface area contributed by atoms with Crippen molar-refractivity contribution >= 4 is 19.7 Å². The lowest BCUT2D eigenvalue weighted by molar-refractivity contribution is -0.0276. The third-order valence-electron chi connectivity index (χ3n) is 2.79. The first-order valence-electron chi connectivity index (χ1n) is 5.55. The number of rotatable bonds is 6. The summed E-state index contributed by atoms with van der Waals surface area (Å²) < 4.78 is 33.2. The highest BCUT2D eigenvalue weighted by Crippen LogP contribution is 2.33. The van der Waals surface area contributed by atoms with Crippen LogP contribution in [0.15, 0.2) is 0 Å². The third kappa shape index (κ3) is 4.99. The highest BCUT2D eigenvalue weighted by molar-refractivity contribution is 8.13. The van der Waals surface area contributed by atoms with Gasteiger partial charge in [-0.1, -0.05) is 6.92 Å². The van der Waals surface area contributed by atoms with Gasteiger partial charge in [-0.05, 0) is 19.3 Å². The van der Waals surface area contributed by atoms with Gasteiger partial charge in [0.1, 0.15) is 0 Å². The molecule has 0 radical (unpaired) electrons. The van der Waals surface area contributed by atoms with Crippen LogP contribution in [-0.2, 0) is 18.5 Å². The first-order chi connectivity index (χ1) is 7.47. The van der Waals surface area contributed by atoms with Crippen molar-refractivity contribution in [3.63, 3.8) is 0 Å². The summed E-state index contributed by atoms with van der Waals surface area (Å²) in [5, 5.41) is 0. The molecule has 96 valence electrons. The van der Waals surface area contributed by atoms with Crippen LogP contribution in [-0.4, -0.2) is 40.6 Å². The standard InChI is InChI=1S/C10H19ClO4S/c1-2-5-15-8-10(9-16(11,12)13)3-6-14-7-4-10/h2-9H2,1H3. The molecule has 0 unspecified atom stereocenters. The molecule has 1 fully saturated rings. The van der Waals surface area contributed by atoms with Crippen LogP contribution in [0.4, 0.5) is 0 Å². The number of hydrogen-bond donors (Lipinski definition) is 0. The third-order valence-corrected chi connectivity index (χ3v) is 4.07. The van der Waals surface area contributed by atoms with E-state index in [4.69, 9.17) is 20.2 Å². The molecule has 0 amide bonds. The van der Waals surface area contributed by atoms with Crippen molar-refractivity contribution < 1.29 is 17.9 Å². The Morgan fingerprint density at radius 1 is 1.38 bits per heavy atom. The van der Waals surface area contributed by atoms with E-state index in [1.807, 2.05) is 6.92 Å². The molecule has 0 N–H and O–H groups in total. The van der Waals surface area contributed by atoms with Crippen molar-refractivity contribution in [1.82, 2.24) is 0 Å². The van der Waals surface area contributed by atoms with E-state index in [1.54, 1.807) is 0 Å². The van der Waals surface area contributed by atoms with Crippen LogP contribution in [0.3, 0.4) is 0 Å². The number of hydrogen-bond acceptors (Lipinski definition) is 4. The van der Waals surface area contributed by atoms with Gasteiger partial charge in [0.25, 0.3) is 0 Å². The Hall–Kier alpha value is 0.160. The lowest BCUT2D eigenvalue weighted by Crippen LogP contribution is -2.39. The molecule has 0 atom stereocenters. The molecule has 4 nitrogen and oxygen atoms in total. The van der Waals surface area contributed by atoms with Crippen LogP contribution < -0.4 is 0 Å². The highest BCUT2D eigenvalue weighted by atomic mass is 35.7. The fourth-order valence-corrected chi connectivity index (χ4v) is 3.73. The molecule has 1 rings (SSSR count). The Morgan fingerprint density at radius 3 is 2.50 bits per heavy atom. The molecule has 0 aromatic heterocycles. The van der Waals surface area contributed by atoms with Crippen LogP contribution >= 0.6 is 10.7 Å². The van der Waals surface area contributed by atoms with E-state index < -0.39 is 9.05 Å². The molecule has 1 heterocycles. The van der Waals surface area contributed by atoms with Gasteiger partial charge >= 0.3 is 0 Å². The molecule has 0 aliphatic carbocycles. The van der Waals surface area contributed by atoms with Crippen molar-refractivity contribution in [2.45, 2.75) is 26.2 Å². The zero-order valence-electron chi connectivity index (χ0n) is 9.58. The minimum Gasteiger partial charge on any atom is -0.381 e. The monoisotopic (exact) mass is 270 g/mol. The fraction of sp³-hybridized carbons (Fsp3) is 1.00. The summed E-state index contributed by atoms with van der Waals surface area (Å²) in [5.74, 6) is -0.0192. The summed E-state index contributed by atoms with van der Waals surface area (Å²) in [6.45, 7) is 4.31. The smallest absolute Gasteiger partial charge is 0.233 e. The first kappa shape index (κ1) is 14.2. The van der Waals surface area contributed by atoms with Gasteiger partial charge in [-0.15, -0.1) is 0 Å². The van der Waals surface area contributed by atoms with Crippen molar-refractivity contribution in [2.75, 3.05) is 32.2 Å². The zero-order chi connectivity index (χ0) is 12.1. The second-order valence-electron chi connectivity index (χ2n) is 4.35. The summed E-state index contributed by atoms with van der Waals surface area (Å²) in [5.41, 5.74) is -0.353. The van der Waals surface area contributed by atoms with Crippen LogP contribution in [0.2, 0.25) is 0 Å². The van der Waals surface area contributed by atoms with E-state index in [-0.39, 0.29) is 11.2 Å². The SMILES string of the molecule is CCCOCC1(CS(=O)(=O)Cl)CCOCC1.